The molecule has 1 atom stereocenters. The van der Waals surface area contributed by atoms with Gasteiger partial charge in [-0.1, -0.05) is 23.7 Å². The van der Waals surface area contributed by atoms with E-state index in [1.54, 1.807) is 42.5 Å². The van der Waals surface area contributed by atoms with Crippen LogP contribution in [0.1, 0.15) is 35.2 Å². The highest BCUT2D eigenvalue weighted by atomic mass is 35.5. The molecular weight excluding hydrogens is 476 g/mol. The molecule has 3 N–H and O–H groups in total. The molecule has 2 aromatic rings. The maximum atomic E-state index is 12.7. The Bertz CT molecular complexity index is 1150. The number of halogens is 1. The molecule has 2 aromatic carbocycles. The molecule has 2 heterocycles. The number of benzene rings is 2. The minimum Gasteiger partial charge on any atom is -0.371 e. The number of likely N-dealkylation sites (tertiary alicyclic amines) is 1. The maximum absolute atomic E-state index is 12.7. The van der Waals surface area contributed by atoms with Crippen LogP contribution in [0.5, 0.6) is 0 Å². The van der Waals surface area contributed by atoms with E-state index in [-0.39, 0.29) is 17.4 Å². The van der Waals surface area contributed by atoms with Crippen LogP contribution in [-0.4, -0.2) is 63.1 Å². The van der Waals surface area contributed by atoms with E-state index in [1.165, 1.54) is 12.8 Å². The molecule has 2 aliphatic rings. The number of carbonyl (C=O) groups excluding carboxylic acids is 2. The third-order valence-electron chi connectivity index (χ3n) is 6.04. The third-order valence-corrected chi connectivity index (χ3v) is 7.91. The zero-order chi connectivity index (χ0) is 24.1. The number of hydrogen-bond acceptors (Lipinski definition) is 6. The lowest BCUT2D eigenvalue weighted by Gasteiger charge is -2.27. The van der Waals surface area contributed by atoms with Gasteiger partial charge in [0.05, 0.1) is 22.9 Å². The van der Waals surface area contributed by atoms with Crippen molar-refractivity contribution in [2.45, 2.75) is 31.1 Å². The van der Waals surface area contributed by atoms with E-state index in [1.807, 2.05) is 0 Å². The van der Waals surface area contributed by atoms with Gasteiger partial charge in [-0.3, -0.25) is 9.59 Å². The molecule has 0 bridgehead atoms. The first-order valence-corrected chi connectivity index (χ1v) is 13.7. The second kappa shape index (κ2) is 10.8. The van der Waals surface area contributed by atoms with Crippen LogP contribution in [0.25, 0.3) is 0 Å². The summed E-state index contributed by atoms with van der Waals surface area (Å²) in [6, 6.07) is 10.6. The Morgan fingerprint density at radius 2 is 1.82 bits per heavy atom. The van der Waals surface area contributed by atoms with Crippen molar-refractivity contribution in [2.75, 3.05) is 42.6 Å². The van der Waals surface area contributed by atoms with E-state index in [0.29, 0.717) is 34.1 Å². The van der Waals surface area contributed by atoms with Crippen molar-refractivity contribution in [3.63, 3.8) is 0 Å². The molecule has 182 valence electrons. The van der Waals surface area contributed by atoms with Gasteiger partial charge in [-0.25, -0.2) is 8.42 Å². The number of hydrogen-bond donors (Lipinski definition) is 3. The van der Waals surface area contributed by atoms with Crippen LogP contribution in [0, 0.1) is 0 Å². The summed E-state index contributed by atoms with van der Waals surface area (Å²) >= 11 is 5.85. The number of sulfone groups is 1. The van der Waals surface area contributed by atoms with E-state index >= 15 is 0 Å². The summed E-state index contributed by atoms with van der Waals surface area (Å²) in [6.07, 6.45) is 3.38. The highest BCUT2D eigenvalue weighted by molar-refractivity contribution is 7.90. The van der Waals surface area contributed by atoms with Crippen molar-refractivity contribution >= 4 is 44.6 Å². The number of nitrogens with zero attached hydrogens (tertiary/aromatic N) is 1. The summed E-state index contributed by atoms with van der Waals surface area (Å²) < 4.78 is 25.3. The molecule has 8 nitrogen and oxygen atoms in total. The van der Waals surface area contributed by atoms with Gasteiger partial charge in [-0.05, 0) is 74.8 Å². The molecule has 10 heteroatoms. The molecule has 0 radical (unpaired) electrons. The molecule has 0 spiro atoms. The standard InChI is InChI=1S/C24H29ClN4O4S/c25-19-7-4-17(5-8-19)15-34(32,33)16-22-24(31)28-21-14-18(6-9-20(21)27-22)23(30)26-10-3-13-29-11-1-2-12-29/h4-9,14,22,27H,1-3,10-13,15-16H2,(H,26,30)(H,28,31)/t22-/m0/s1. The highest BCUT2D eigenvalue weighted by Crippen LogP contribution is 2.28. The van der Waals surface area contributed by atoms with Gasteiger partial charge in [-0.2, -0.15) is 0 Å². The fraction of sp³-hybridized carbons (Fsp3) is 0.417. The van der Waals surface area contributed by atoms with Gasteiger partial charge in [0.25, 0.3) is 5.91 Å². The molecule has 2 amide bonds. The van der Waals surface area contributed by atoms with Crippen molar-refractivity contribution in [1.29, 1.82) is 0 Å². The number of nitrogens with one attached hydrogen (secondary N) is 3. The molecular formula is C24H29ClN4O4S. The Kier molecular flexibility index (Phi) is 7.75. The molecule has 2 aliphatic heterocycles. The second-order valence-electron chi connectivity index (χ2n) is 8.79. The fourth-order valence-corrected chi connectivity index (χ4v) is 5.95. The Hall–Kier alpha value is -2.62. The molecule has 0 aliphatic carbocycles. The van der Waals surface area contributed by atoms with Gasteiger partial charge in [0.2, 0.25) is 5.91 Å². The summed E-state index contributed by atoms with van der Waals surface area (Å²) in [5.41, 5.74) is 2.09. The highest BCUT2D eigenvalue weighted by Gasteiger charge is 2.30. The van der Waals surface area contributed by atoms with E-state index in [2.05, 4.69) is 20.9 Å². The zero-order valence-electron chi connectivity index (χ0n) is 18.8. The number of anilines is 2. The van der Waals surface area contributed by atoms with Gasteiger partial charge in [-0.15, -0.1) is 0 Å². The summed E-state index contributed by atoms with van der Waals surface area (Å²) in [5, 5.41) is 9.18. The number of rotatable bonds is 9. The number of carbonyl (C=O) groups is 2. The van der Waals surface area contributed by atoms with Crippen molar-refractivity contribution < 1.29 is 18.0 Å². The predicted molar refractivity (Wildman–Crippen MR) is 134 cm³/mol. The Morgan fingerprint density at radius 1 is 1.09 bits per heavy atom. The summed E-state index contributed by atoms with van der Waals surface area (Å²) in [5.74, 6) is -1.18. The van der Waals surface area contributed by atoms with Crippen molar-refractivity contribution in [3.05, 3.63) is 58.6 Å². The van der Waals surface area contributed by atoms with Gasteiger partial charge < -0.3 is 20.9 Å². The van der Waals surface area contributed by atoms with Crippen LogP contribution in [-0.2, 0) is 20.4 Å². The first-order chi connectivity index (χ1) is 16.3. The average Bonchev–Trinajstić information content (AvgIpc) is 3.31. The van der Waals surface area contributed by atoms with Crippen LogP contribution >= 0.6 is 11.6 Å². The maximum Gasteiger partial charge on any atom is 0.251 e. The SMILES string of the molecule is O=C(NCCCN1CCCC1)c1ccc2c(c1)NC(=O)[C@H](CS(=O)(=O)Cc1ccc(Cl)cc1)N2. The third kappa shape index (κ3) is 6.49. The quantitative estimate of drug-likeness (QED) is 0.453. The molecule has 1 fully saturated rings. The van der Waals surface area contributed by atoms with Gasteiger partial charge in [0.1, 0.15) is 6.04 Å². The zero-order valence-corrected chi connectivity index (χ0v) is 20.4. The normalized spacial score (nSPS) is 18.1. The van der Waals surface area contributed by atoms with E-state index in [0.717, 1.165) is 26.1 Å². The molecule has 1 saturated heterocycles. The van der Waals surface area contributed by atoms with Crippen LogP contribution in [0.3, 0.4) is 0 Å². The Labute approximate surface area is 205 Å². The lowest BCUT2D eigenvalue weighted by molar-refractivity contribution is -0.116. The van der Waals surface area contributed by atoms with Crippen LogP contribution in [0.15, 0.2) is 42.5 Å². The van der Waals surface area contributed by atoms with E-state index in [4.69, 9.17) is 11.6 Å². The smallest absolute Gasteiger partial charge is 0.251 e. The van der Waals surface area contributed by atoms with Crippen LogP contribution < -0.4 is 16.0 Å². The number of fused-ring (bicyclic) bond motifs is 1. The minimum atomic E-state index is -3.56. The molecule has 0 unspecified atom stereocenters. The summed E-state index contributed by atoms with van der Waals surface area (Å²) in [7, 11) is -3.56. The topological polar surface area (TPSA) is 108 Å². The van der Waals surface area contributed by atoms with Gasteiger partial charge in [0, 0.05) is 17.1 Å². The summed E-state index contributed by atoms with van der Waals surface area (Å²) in [4.78, 5) is 27.5. The fourth-order valence-electron chi connectivity index (χ4n) is 4.27. The van der Waals surface area contributed by atoms with Crippen molar-refractivity contribution in [3.8, 4) is 0 Å². The Morgan fingerprint density at radius 3 is 2.56 bits per heavy atom. The first-order valence-electron chi connectivity index (χ1n) is 11.5. The average molecular weight is 505 g/mol. The van der Waals surface area contributed by atoms with E-state index < -0.39 is 21.8 Å². The lowest BCUT2D eigenvalue weighted by Crippen LogP contribution is -2.43. The Balaban J connectivity index is 1.32. The minimum absolute atomic E-state index is 0.181. The summed E-state index contributed by atoms with van der Waals surface area (Å²) in [6.45, 7) is 3.83. The predicted octanol–water partition coefficient (Wildman–Crippen LogP) is 2.90. The molecule has 0 aromatic heterocycles. The lowest BCUT2D eigenvalue weighted by atomic mass is 10.1. The van der Waals surface area contributed by atoms with Crippen molar-refractivity contribution in [1.82, 2.24) is 10.2 Å². The first kappa shape index (κ1) is 24.5. The second-order valence-corrected chi connectivity index (χ2v) is 11.3. The molecule has 0 saturated carbocycles. The van der Waals surface area contributed by atoms with Crippen molar-refractivity contribution in [2.24, 2.45) is 0 Å². The largest absolute Gasteiger partial charge is 0.371 e. The van der Waals surface area contributed by atoms with E-state index in [9.17, 15) is 18.0 Å². The monoisotopic (exact) mass is 504 g/mol. The molecule has 4 rings (SSSR count). The van der Waals surface area contributed by atoms with Crippen LogP contribution in [0.4, 0.5) is 11.4 Å². The van der Waals surface area contributed by atoms with Gasteiger partial charge >= 0.3 is 0 Å². The number of amides is 2. The van der Waals surface area contributed by atoms with Crippen LogP contribution in [0.2, 0.25) is 5.02 Å². The van der Waals surface area contributed by atoms with Gasteiger partial charge in [0.15, 0.2) is 9.84 Å². The molecule has 34 heavy (non-hydrogen) atoms.